The highest BCUT2D eigenvalue weighted by Crippen LogP contribution is 2.20. The predicted octanol–water partition coefficient (Wildman–Crippen LogP) is 5.00. The van der Waals surface area contributed by atoms with E-state index in [1.807, 2.05) is 45.0 Å². The summed E-state index contributed by atoms with van der Waals surface area (Å²) >= 11 is 0. The largest absolute Gasteiger partial charge is 0.464 e. The van der Waals surface area contributed by atoms with Crippen LogP contribution in [0.4, 0.5) is 4.79 Å². The molecule has 34 heavy (non-hydrogen) atoms. The Labute approximate surface area is 200 Å². The van der Waals surface area contributed by atoms with Crippen LogP contribution >= 0.6 is 0 Å². The van der Waals surface area contributed by atoms with Gasteiger partial charge in [0, 0.05) is 18.1 Å². The van der Waals surface area contributed by atoms with Crippen molar-refractivity contribution in [3.8, 4) is 0 Å². The zero-order valence-electron chi connectivity index (χ0n) is 20.8. The van der Waals surface area contributed by atoms with Crippen molar-refractivity contribution in [2.45, 2.75) is 72.7 Å². The monoisotopic (exact) mass is 466 g/mol. The van der Waals surface area contributed by atoms with Gasteiger partial charge in [-0.25, -0.2) is 4.79 Å². The first-order chi connectivity index (χ1) is 16.0. The van der Waals surface area contributed by atoms with Crippen LogP contribution in [-0.4, -0.2) is 38.5 Å². The molecular weight excluding hydrogens is 432 g/mol. The second-order valence-corrected chi connectivity index (χ2v) is 9.96. The molecule has 0 unspecified atom stereocenters. The number of nitrogens with one attached hydrogen (secondary N) is 1. The molecule has 8 nitrogen and oxygen atoms in total. The molecule has 0 fully saturated rings. The molecule has 1 atom stereocenters. The lowest BCUT2D eigenvalue weighted by molar-refractivity contribution is -0.135. The summed E-state index contributed by atoms with van der Waals surface area (Å²) in [6, 6.07) is 6.99. The number of benzene rings is 1. The molecule has 1 N–H and O–H groups in total. The zero-order chi connectivity index (χ0) is 24.9. The van der Waals surface area contributed by atoms with Crippen LogP contribution in [0.1, 0.15) is 58.0 Å². The molecule has 0 saturated heterocycles. The predicted molar refractivity (Wildman–Crippen MR) is 130 cm³/mol. The number of carbonyl (C=O) groups is 2. The maximum atomic E-state index is 13.8. The molecule has 0 saturated carbocycles. The average Bonchev–Trinajstić information content (AvgIpc) is 3.20. The molecule has 0 aliphatic heterocycles. The standard InChI is InChI=1S/C26H34N4O4/c1-17(2)11-22(29-25(32)34-26(4,5)6)24(31)30(16-21-14-27-18(3)13-28-21)15-19-7-8-23-20(12-19)9-10-33-23/h7-10,12-14,17,22H,11,15-16H2,1-6H3,(H,29,32)/t22-/m0/s1. The Hall–Kier alpha value is -3.42. The number of hydrogen-bond acceptors (Lipinski definition) is 6. The molecule has 1 aromatic carbocycles. The van der Waals surface area contributed by atoms with E-state index in [1.54, 1.807) is 44.3 Å². The highest BCUT2D eigenvalue weighted by molar-refractivity contribution is 5.86. The van der Waals surface area contributed by atoms with Crippen LogP contribution < -0.4 is 5.32 Å². The maximum Gasteiger partial charge on any atom is 0.408 e. The van der Waals surface area contributed by atoms with Gasteiger partial charge in [0.05, 0.1) is 30.4 Å². The molecule has 182 valence electrons. The van der Waals surface area contributed by atoms with Gasteiger partial charge in [-0.2, -0.15) is 0 Å². The Morgan fingerprint density at radius 3 is 2.53 bits per heavy atom. The van der Waals surface area contributed by atoms with Crippen LogP contribution in [0.15, 0.2) is 47.3 Å². The van der Waals surface area contributed by atoms with Gasteiger partial charge >= 0.3 is 6.09 Å². The second-order valence-electron chi connectivity index (χ2n) is 9.96. The number of nitrogens with zero attached hydrogens (tertiary/aromatic N) is 3. The highest BCUT2D eigenvalue weighted by Gasteiger charge is 2.29. The summed E-state index contributed by atoms with van der Waals surface area (Å²) in [6.45, 7) is 11.9. The van der Waals surface area contributed by atoms with Crippen molar-refractivity contribution in [2.24, 2.45) is 5.92 Å². The van der Waals surface area contributed by atoms with Gasteiger partial charge in [-0.15, -0.1) is 0 Å². The van der Waals surface area contributed by atoms with E-state index >= 15 is 0 Å². The molecule has 0 aliphatic carbocycles. The highest BCUT2D eigenvalue weighted by atomic mass is 16.6. The van der Waals surface area contributed by atoms with Gasteiger partial charge in [0.2, 0.25) is 5.91 Å². The van der Waals surface area contributed by atoms with Crippen molar-refractivity contribution >= 4 is 23.0 Å². The van der Waals surface area contributed by atoms with E-state index in [-0.39, 0.29) is 18.4 Å². The third kappa shape index (κ3) is 7.30. The van der Waals surface area contributed by atoms with Crippen LogP contribution in [0.5, 0.6) is 0 Å². The number of carbonyl (C=O) groups excluding carboxylic acids is 2. The first kappa shape index (κ1) is 25.2. The molecule has 0 radical (unpaired) electrons. The Kier molecular flexibility index (Phi) is 7.91. The van der Waals surface area contributed by atoms with E-state index in [2.05, 4.69) is 15.3 Å². The van der Waals surface area contributed by atoms with E-state index < -0.39 is 17.7 Å². The molecule has 0 spiro atoms. The van der Waals surface area contributed by atoms with Crippen LogP contribution in [0, 0.1) is 12.8 Å². The minimum absolute atomic E-state index is 0.187. The fourth-order valence-electron chi connectivity index (χ4n) is 3.61. The number of hydrogen-bond donors (Lipinski definition) is 1. The maximum absolute atomic E-state index is 13.8. The molecule has 2 aromatic heterocycles. The summed E-state index contributed by atoms with van der Waals surface area (Å²) in [5.41, 5.74) is 2.55. The Bertz CT molecular complexity index is 1120. The first-order valence-corrected chi connectivity index (χ1v) is 11.5. The lowest BCUT2D eigenvalue weighted by Gasteiger charge is -2.29. The topological polar surface area (TPSA) is 97.6 Å². The minimum Gasteiger partial charge on any atom is -0.464 e. The van der Waals surface area contributed by atoms with E-state index in [9.17, 15) is 9.59 Å². The second kappa shape index (κ2) is 10.7. The number of rotatable bonds is 8. The van der Waals surface area contributed by atoms with Gasteiger partial charge < -0.3 is 19.4 Å². The number of aryl methyl sites for hydroxylation is 1. The lowest BCUT2D eigenvalue weighted by Crippen LogP contribution is -2.50. The van der Waals surface area contributed by atoms with Crippen molar-refractivity contribution in [1.29, 1.82) is 0 Å². The van der Waals surface area contributed by atoms with Crippen molar-refractivity contribution in [2.75, 3.05) is 0 Å². The Balaban J connectivity index is 1.87. The molecule has 3 rings (SSSR count). The van der Waals surface area contributed by atoms with Gasteiger partial charge in [0.15, 0.2) is 0 Å². The van der Waals surface area contributed by atoms with Gasteiger partial charge in [-0.1, -0.05) is 19.9 Å². The zero-order valence-corrected chi connectivity index (χ0v) is 20.8. The van der Waals surface area contributed by atoms with Crippen molar-refractivity contribution in [3.05, 3.63) is 59.9 Å². The molecule has 0 bridgehead atoms. The summed E-state index contributed by atoms with van der Waals surface area (Å²) in [5.74, 6) is -0.0126. The molecule has 0 aliphatic rings. The molecule has 2 amide bonds. The number of amides is 2. The minimum atomic E-state index is -0.731. The average molecular weight is 467 g/mol. The number of fused-ring (bicyclic) bond motifs is 1. The van der Waals surface area contributed by atoms with Gasteiger partial charge in [0.1, 0.15) is 17.2 Å². The van der Waals surface area contributed by atoms with E-state index in [0.29, 0.717) is 18.7 Å². The van der Waals surface area contributed by atoms with E-state index in [1.165, 1.54) is 0 Å². The summed E-state index contributed by atoms with van der Waals surface area (Å²) in [4.78, 5) is 36.7. The molecule has 3 aromatic rings. The van der Waals surface area contributed by atoms with Gasteiger partial charge in [-0.3, -0.25) is 14.8 Å². The van der Waals surface area contributed by atoms with Crippen molar-refractivity contribution < 1.29 is 18.7 Å². The SMILES string of the molecule is Cc1cnc(CN(Cc2ccc3occc3c2)C(=O)[C@H](CC(C)C)NC(=O)OC(C)(C)C)cn1. The van der Waals surface area contributed by atoms with E-state index in [4.69, 9.17) is 9.15 Å². The third-order valence-corrected chi connectivity index (χ3v) is 5.09. The fourth-order valence-corrected chi connectivity index (χ4v) is 3.61. The van der Waals surface area contributed by atoms with Crippen molar-refractivity contribution in [3.63, 3.8) is 0 Å². The van der Waals surface area contributed by atoms with Crippen LogP contribution in [0.2, 0.25) is 0 Å². The van der Waals surface area contributed by atoms with Crippen LogP contribution in [0.25, 0.3) is 11.0 Å². The summed E-state index contributed by atoms with van der Waals surface area (Å²) in [5, 5.41) is 3.75. The van der Waals surface area contributed by atoms with Gasteiger partial charge in [0.25, 0.3) is 0 Å². The number of ether oxygens (including phenoxy) is 1. The van der Waals surface area contributed by atoms with Gasteiger partial charge in [-0.05, 0) is 63.8 Å². The summed E-state index contributed by atoms with van der Waals surface area (Å²) < 4.78 is 10.9. The molecule has 2 heterocycles. The first-order valence-electron chi connectivity index (χ1n) is 11.5. The normalized spacial score (nSPS) is 12.6. The summed E-state index contributed by atoms with van der Waals surface area (Å²) in [7, 11) is 0. The smallest absolute Gasteiger partial charge is 0.408 e. The van der Waals surface area contributed by atoms with Crippen LogP contribution in [-0.2, 0) is 22.6 Å². The number of aromatic nitrogens is 2. The third-order valence-electron chi connectivity index (χ3n) is 5.09. The van der Waals surface area contributed by atoms with Crippen LogP contribution in [0.3, 0.4) is 0 Å². The Morgan fingerprint density at radius 2 is 1.88 bits per heavy atom. The number of alkyl carbamates (subject to hydrolysis) is 1. The quantitative estimate of drug-likeness (QED) is 0.502. The number of furan rings is 1. The fraction of sp³-hybridized carbons (Fsp3) is 0.462. The molecule has 8 heteroatoms. The van der Waals surface area contributed by atoms with Crippen molar-refractivity contribution in [1.82, 2.24) is 20.2 Å². The Morgan fingerprint density at radius 1 is 1.12 bits per heavy atom. The van der Waals surface area contributed by atoms with E-state index in [0.717, 1.165) is 22.2 Å². The lowest BCUT2D eigenvalue weighted by atomic mass is 10.0. The molecular formula is C26H34N4O4. The summed E-state index contributed by atoms with van der Waals surface area (Å²) in [6.07, 6.45) is 4.87.